The fourth-order valence-corrected chi connectivity index (χ4v) is 3.19. The molecule has 2 fully saturated rings. The average molecular weight is 225 g/mol. The van der Waals surface area contributed by atoms with Gasteiger partial charge >= 0.3 is 0 Å². The molecule has 2 aliphatic carbocycles. The van der Waals surface area contributed by atoms with Gasteiger partial charge in [0.1, 0.15) is 0 Å². The Morgan fingerprint density at radius 3 is 2.75 bits per heavy atom. The summed E-state index contributed by atoms with van der Waals surface area (Å²) < 4.78 is 0. The molecule has 0 aromatic carbocycles. The maximum Gasteiger partial charge on any atom is 0.0667 e. The van der Waals surface area contributed by atoms with Gasteiger partial charge in [-0.2, -0.15) is 0 Å². The topological polar surface area (TPSA) is 32.3 Å². The highest BCUT2D eigenvalue weighted by Gasteiger charge is 2.35. The van der Waals surface area contributed by atoms with E-state index in [1.807, 2.05) is 0 Å². The van der Waals surface area contributed by atoms with Gasteiger partial charge in [0.25, 0.3) is 0 Å². The normalized spacial score (nSPS) is 31.9. The SMILES string of the molecule is CCCC1CC1NCC(O)CC1CCCC1. The van der Waals surface area contributed by atoms with Gasteiger partial charge in [-0.05, 0) is 31.1 Å². The molecule has 0 spiro atoms. The van der Waals surface area contributed by atoms with Crippen LogP contribution in [0, 0.1) is 11.8 Å². The minimum absolute atomic E-state index is 0.106. The molecule has 0 radical (unpaired) electrons. The molecule has 2 saturated carbocycles. The van der Waals surface area contributed by atoms with Crippen LogP contribution in [0.15, 0.2) is 0 Å². The Hall–Kier alpha value is -0.0800. The second-order valence-electron chi connectivity index (χ2n) is 5.84. The van der Waals surface area contributed by atoms with Gasteiger partial charge in [-0.15, -0.1) is 0 Å². The molecule has 2 rings (SSSR count). The van der Waals surface area contributed by atoms with Crippen LogP contribution < -0.4 is 5.32 Å². The molecule has 0 bridgehead atoms. The predicted molar refractivity (Wildman–Crippen MR) is 67.4 cm³/mol. The summed E-state index contributed by atoms with van der Waals surface area (Å²) >= 11 is 0. The van der Waals surface area contributed by atoms with E-state index in [9.17, 15) is 5.11 Å². The Labute approximate surface area is 99.8 Å². The van der Waals surface area contributed by atoms with Crippen LogP contribution in [0.25, 0.3) is 0 Å². The van der Waals surface area contributed by atoms with E-state index in [1.165, 1.54) is 44.9 Å². The molecule has 2 N–H and O–H groups in total. The van der Waals surface area contributed by atoms with Crippen LogP contribution in [-0.4, -0.2) is 23.8 Å². The first kappa shape index (κ1) is 12.4. The van der Waals surface area contributed by atoms with Gasteiger partial charge in [0.05, 0.1) is 6.10 Å². The third-order valence-electron chi connectivity index (χ3n) is 4.28. The molecule has 0 amide bonds. The lowest BCUT2D eigenvalue weighted by molar-refractivity contribution is 0.140. The van der Waals surface area contributed by atoms with E-state index in [4.69, 9.17) is 0 Å². The Morgan fingerprint density at radius 1 is 1.31 bits per heavy atom. The summed E-state index contributed by atoms with van der Waals surface area (Å²) in [5.41, 5.74) is 0. The maximum absolute atomic E-state index is 9.94. The van der Waals surface area contributed by atoms with E-state index < -0.39 is 0 Å². The van der Waals surface area contributed by atoms with Gasteiger partial charge in [-0.1, -0.05) is 39.0 Å². The maximum atomic E-state index is 9.94. The summed E-state index contributed by atoms with van der Waals surface area (Å²) in [7, 11) is 0. The van der Waals surface area contributed by atoms with Gasteiger partial charge < -0.3 is 10.4 Å². The number of rotatable bonds is 7. The van der Waals surface area contributed by atoms with Gasteiger partial charge in [0.2, 0.25) is 0 Å². The van der Waals surface area contributed by atoms with Crippen molar-refractivity contribution in [1.82, 2.24) is 5.32 Å². The highest BCUT2D eigenvalue weighted by atomic mass is 16.3. The predicted octanol–water partition coefficient (Wildman–Crippen LogP) is 2.71. The summed E-state index contributed by atoms with van der Waals surface area (Å²) in [5.74, 6) is 1.71. The van der Waals surface area contributed by atoms with Crippen LogP contribution in [-0.2, 0) is 0 Å². The fraction of sp³-hybridized carbons (Fsp3) is 1.00. The lowest BCUT2D eigenvalue weighted by atomic mass is 10.00. The average Bonchev–Trinajstić information content (AvgIpc) is 2.79. The van der Waals surface area contributed by atoms with Crippen LogP contribution in [0.1, 0.15) is 58.3 Å². The van der Waals surface area contributed by atoms with Crippen LogP contribution in [0.4, 0.5) is 0 Å². The molecule has 0 heterocycles. The monoisotopic (exact) mass is 225 g/mol. The first-order valence-corrected chi connectivity index (χ1v) is 7.21. The van der Waals surface area contributed by atoms with Crippen molar-refractivity contribution in [2.24, 2.45) is 11.8 Å². The zero-order valence-corrected chi connectivity index (χ0v) is 10.6. The van der Waals surface area contributed by atoms with Crippen molar-refractivity contribution in [1.29, 1.82) is 0 Å². The standard InChI is InChI=1S/C14H27NO/c1-2-5-12-9-14(12)15-10-13(16)8-11-6-3-4-7-11/h11-16H,2-10H2,1H3. The molecule has 94 valence electrons. The van der Waals surface area contributed by atoms with Crippen LogP contribution in [0.3, 0.4) is 0 Å². The molecule has 0 aromatic rings. The van der Waals surface area contributed by atoms with Crippen molar-refractivity contribution in [2.75, 3.05) is 6.54 Å². The summed E-state index contributed by atoms with van der Waals surface area (Å²) in [5, 5.41) is 13.5. The summed E-state index contributed by atoms with van der Waals surface area (Å²) in [6, 6.07) is 0.721. The molecule has 3 atom stereocenters. The van der Waals surface area contributed by atoms with E-state index >= 15 is 0 Å². The second kappa shape index (κ2) is 6.02. The highest BCUT2D eigenvalue weighted by molar-refractivity contribution is 4.93. The van der Waals surface area contributed by atoms with Gasteiger partial charge in [-0.3, -0.25) is 0 Å². The first-order valence-electron chi connectivity index (χ1n) is 7.21. The van der Waals surface area contributed by atoms with Crippen molar-refractivity contribution in [3.05, 3.63) is 0 Å². The lowest BCUT2D eigenvalue weighted by Gasteiger charge is -2.15. The summed E-state index contributed by atoms with van der Waals surface area (Å²) in [4.78, 5) is 0. The van der Waals surface area contributed by atoms with Crippen LogP contribution >= 0.6 is 0 Å². The zero-order chi connectivity index (χ0) is 11.4. The molecule has 3 unspecified atom stereocenters. The zero-order valence-electron chi connectivity index (χ0n) is 10.6. The number of nitrogens with one attached hydrogen (secondary N) is 1. The van der Waals surface area contributed by atoms with E-state index in [2.05, 4.69) is 12.2 Å². The van der Waals surface area contributed by atoms with Crippen molar-refractivity contribution in [3.8, 4) is 0 Å². The highest BCUT2D eigenvalue weighted by Crippen LogP contribution is 2.34. The van der Waals surface area contributed by atoms with Crippen molar-refractivity contribution in [2.45, 2.75) is 70.4 Å². The molecule has 0 aromatic heterocycles. The molecule has 0 saturated heterocycles. The van der Waals surface area contributed by atoms with Gasteiger partial charge in [0, 0.05) is 12.6 Å². The third-order valence-corrected chi connectivity index (χ3v) is 4.28. The smallest absolute Gasteiger partial charge is 0.0667 e. The number of aliphatic hydroxyl groups excluding tert-OH is 1. The minimum Gasteiger partial charge on any atom is -0.392 e. The fourth-order valence-electron chi connectivity index (χ4n) is 3.19. The minimum atomic E-state index is -0.106. The van der Waals surface area contributed by atoms with Crippen molar-refractivity contribution >= 4 is 0 Å². The Bertz CT molecular complexity index is 201. The molecular weight excluding hydrogens is 198 g/mol. The van der Waals surface area contributed by atoms with Crippen LogP contribution in [0.2, 0.25) is 0 Å². The Kier molecular flexibility index (Phi) is 4.66. The lowest BCUT2D eigenvalue weighted by Crippen LogP contribution is -2.30. The summed E-state index contributed by atoms with van der Waals surface area (Å²) in [6.45, 7) is 3.08. The van der Waals surface area contributed by atoms with E-state index in [-0.39, 0.29) is 6.10 Å². The quantitative estimate of drug-likeness (QED) is 0.698. The van der Waals surface area contributed by atoms with E-state index in [1.54, 1.807) is 0 Å². The largest absolute Gasteiger partial charge is 0.392 e. The van der Waals surface area contributed by atoms with E-state index in [0.29, 0.717) is 0 Å². The molecule has 2 nitrogen and oxygen atoms in total. The molecule has 2 heteroatoms. The van der Waals surface area contributed by atoms with Crippen LogP contribution in [0.5, 0.6) is 0 Å². The number of hydrogen-bond donors (Lipinski definition) is 2. The summed E-state index contributed by atoms with van der Waals surface area (Å²) in [6.07, 6.45) is 10.4. The van der Waals surface area contributed by atoms with E-state index in [0.717, 1.165) is 30.8 Å². The van der Waals surface area contributed by atoms with Crippen molar-refractivity contribution in [3.63, 3.8) is 0 Å². The third kappa shape index (κ3) is 3.74. The molecule has 2 aliphatic rings. The molecule has 16 heavy (non-hydrogen) atoms. The first-order chi connectivity index (χ1) is 7.79. The second-order valence-corrected chi connectivity index (χ2v) is 5.84. The number of hydrogen-bond acceptors (Lipinski definition) is 2. The molecular formula is C14H27NO. The Balaban J connectivity index is 1.52. The molecule has 0 aliphatic heterocycles. The van der Waals surface area contributed by atoms with Gasteiger partial charge in [-0.25, -0.2) is 0 Å². The van der Waals surface area contributed by atoms with Gasteiger partial charge in [0.15, 0.2) is 0 Å². The number of aliphatic hydroxyl groups is 1. The van der Waals surface area contributed by atoms with Crippen molar-refractivity contribution < 1.29 is 5.11 Å². The Morgan fingerprint density at radius 2 is 2.06 bits per heavy atom.